The van der Waals surface area contributed by atoms with Gasteiger partial charge < -0.3 is 19.5 Å². The molecule has 2 aromatic heterocycles. The lowest BCUT2D eigenvalue weighted by Crippen LogP contribution is -2.35. The summed E-state index contributed by atoms with van der Waals surface area (Å²) in [6.45, 7) is 4.05. The first-order chi connectivity index (χ1) is 13.7. The number of aromatic amines is 1. The zero-order chi connectivity index (χ0) is 19.1. The minimum atomic E-state index is 0.0632. The van der Waals surface area contributed by atoms with Crippen LogP contribution in [0.4, 0.5) is 5.13 Å². The van der Waals surface area contributed by atoms with Gasteiger partial charge in [-0.15, -0.1) is 0 Å². The largest absolute Gasteiger partial charge is 0.381 e. The first-order valence-corrected chi connectivity index (χ1v) is 10.6. The predicted molar refractivity (Wildman–Crippen MR) is 111 cm³/mol. The van der Waals surface area contributed by atoms with Gasteiger partial charge in [-0.3, -0.25) is 4.79 Å². The lowest BCUT2D eigenvalue weighted by molar-refractivity contribution is 0.0731. The van der Waals surface area contributed by atoms with Crippen molar-refractivity contribution in [2.45, 2.75) is 19.4 Å². The van der Waals surface area contributed by atoms with Crippen LogP contribution in [0.25, 0.3) is 10.9 Å². The van der Waals surface area contributed by atoms with Crippen LogP contribution in [0.15, 0.2) is 30.3 Å². The molecule has 2 aliphatic rings. The Labute approximate surface area is 168 Å². The van der Waals surface area contributed by atoms with Crippen LogP contribution in [0, 0.1) is 5.92 Å². The summed E-state index contributed by atoms with van der Waals surface area (Å²) in [6.07, 6.45) is 1.94. The van der Waals surface area contributed by atoms with Crippen LogP contribution in [0.2, 0.25) is 0 Å². The first-order valence-electron chi connectivity index (χ1n) is 9.82. The average Bonchev–Trinajstić information content (AvgIpc) is 3.45. The van der Waals surface area contributed by atoms with Crippen molar-refractivity contribution >= 4 is 33.3 Å². The second kappa shape index (κ2) is 7.22. The van der Waals surface area contributed by atoms with Gasteiger partial charge in [-0.25, -0.2) is 4.98 Å². The Kier molecular flexibility index (Phi) is 4.56. The molecule has 0 bridgehead atoms. The monoisotopic (exact) mass is 396 g/mol. The number of nitrogens with zero attached hydrogens (tertiary/aromatic N) is 3. The second-order valence-corrected chi connectivity index (χ2v) is 8.79. The number of hydrogen-bond donors (Lipinski definition) is 1. The molecule has 146 valence electrons. The normalized spacial score (nSPS) is 19.2. The molecule has 4 heterocycles. The number of nitrogens with one attached hydrogen (secondary N) is 1. The van der Waals surface area contributed by atoms with Gasteiger partial charge in [0.15, 0.2) is 5.13 Å². The van der Waals surface area contributed by atoms with Crippen molar-refractivity contribution in [1.82, 2.24) is 14.9 Å². The molecular formula is C21H24N4O2S. The number of thiazole rings is 1. The fourth-order valence-electron chi connectivity index (χ4n) is 4.07. The molecule has 7 heteroatoms. The van der Waals surface area contributed by atoms with Crippen molar-refractivity contribution < 1.29 is 9.53 Å². The Morgan fingerprint density at radius 1 is 1.43 bits per heavy atom. The maximum atomic E-state index is 13.0. The number of amides is 1. The number of para-hydroxylation sites is 1. The van der Waals surface area contributed by atoms with Crippen LogP contribution in [-0.4, -0.2) is 54.1 Å². The van der Waals surface area contributed by atoms with Crippen LogP contribution >= 0.6 is 11.3 Å². The molecule has 0 radical (unpaired) electrons. The van der Waals surface area contributed by atoms with Crippen molar-refractivity contribution in [3.8, 4) is 0 Å². The number of hydrogen-bond acceptors (Lipinski definition) is 5. The lowest BCUT2D eigenvalue weighted by atomic mass is 10.1. The lowest BCUT2D eigenvalue weighted by Gasteiger charge is -2.25. The minimum absolute atomic E-state index is 0.0632. The van der Waals surface area contributed by atoms with E-state index in [1.54, 1.807) is 11.3 Å². The van der Waals surface area contributed by atoms with Crippen LogP contribution < -0.4 is 4.90 Å². The van der Waals surface area contributed by atoms with E-state index in [1.807, 2.05) is 35.2 Å². The van der Waals surface area contributed by atoms with Gasteiger partial charge in [-0.05, 0) is 18.6 Å². The summed E-state index contributed by atoms with van der Waals surface area (Å²) in [6, 6.07) is 9.94. The zero-order valence-electron chi connectivity index (χ0n) is 16.0. The quantitative estimate of drug-likeness (QED) is 0.735. The van der Waals surface area contributed by atoms with E-state index >= 15 is 0 Å². The standard InChI is InChI=1S/C21H24N4O2S/c1-24(11-14-7-9-27-13-14)21-23-17-6-8-25(12-19(17)28-21)20(26)18-10-15-4-2-3-5-16(15)22-18/h2-5,10,14,22H,6-9,11-13H2,1H3. The van der Waals surface area contributed by atoms with E-state index in [9.17, 15) is 4.79 Å². The number of carbonyl (C=O) groups excluding carboxylic acids is 1. The van der Waals surface area contributed by atoms with Gasteiger partial charge in [-0.2, -0.15) is 0 Å². The molecule has 6 nitrogen and oxygen atoms in total. The molecule has 0 saturated carbocycles. The topological polar surface area (TPSA) is 61.5 Å². The van der Waals surface area contributed by atoms with E-state index < -0.39 is 0 Å². The Morgan fingerprint density at radius 2 is 2.32 bits per heavy atom. The number of ether oxygens (including phenoxy) is 1. The molecule has 5 rings (SSSR count). The fraction of sp³-hybridized carbons (Fsp3) is 0.429. The first kappa shape index (κ1) is 17.7. The average molecular weight is 397 g/mol. The number of fused-ring (bicyclic) bond motifs is 2. The molecule has 1 atom stereocenters. The van der Waals surface area contributed by atoms with E-state index in [2.05, 4.69) is 16.9 Å². The summed E-state index contributed by atoms with van der Waals surface area (Å²) < 4.78 is 5.49. The molecule has 1 amide bonds. The van der Waals surface area contributed by atoms with Crippen LogP contribution in [0.3, 0.4) is 0 Å². The number of H-pyrrole nitrogens is 1. The van der Waals surface area contributed by atoms with E-state index in [1.165, 1.54) is 4.88 Å². The van der Waals surface area contributed by atoms with Crippen molar-refractivity contribution in [3.63, 3.8) is 0 Å². The number of anilines is 1. The SMILES string of the molecule is CN(CC1CCOC1)c1nc2c(s1)CN(C(=O)c1cc3ccccc3[nH]1)CC2. The molecule has 1 N–H and O–H groups in total. The molecular weight excluding hydrogens is 372 g/mol. The Hall–Kier alpha value is -2.38. The molecule has 2 aliphatic heterocycles. The van der Waals surface area contributed by atoms with Crippen molar-refractivity contribution in [2.24, 2.45) is 5.92 Å². The molecule has 1 aromatic carbocycles. The summed E-state index contributed by atoms with van der Waals surface area (Å²) in [5.41, 5.74) is 2.81. The van der Waals surface area contributed by atoms with Crippen LogP contribution in [-0.2, 0) is 17.7 Å². The van der Waals surface area contributed by atoms with Crippen LogP contribution in [0.5, 0.6) is 0 Å². The smallest absolute Gasteiger partial charge is 0.270 e. The molecule has 0 spiro atoms. The highest BCUT2D eigenvalue weighted by atomic mass is 32.1. The van der Waals surface area contributed by atoms with Gasteiger partial charge >= 0.3 is 0 Å². The van der Waals surface area contributed by atoms with Gasteiger partial charge in [0, 0.05) is 54.9 Å². The highest BCUT2D eigenvalue weighted by Crippen LogP contribution is 2.31. The second-order valence-electron chi connectivity index (χ2n) is 7.72. The molecule has 3 aromatic rings. The van der Waals surface area contributed by atoms with E-state index in [-0.39, 0.29) is 5.91 Å². The van der Waals surface area contributed by atoms with Crippen LogP contribution in [0.1, 0.15) is 27.5 Å². The summed E-state index contributed by atoms with van der Waals surface area (Å²) in [5.74, 6) is 0.652. The van der Waals surface area contributed by atoms with Crippen molar-refractivity contribution in [1.29, 1.82) is 0 Å². The van der Waals surface area contributed by atoms with Gasteiger partial charge in [0.1, 0.15) is 5.69 Å². The number of carbonyl (C=O) groups is 1. The number of benzene rings is 1. The third kappa shape index (κ3) is 3.29. The van der Waals surface area contributed by atoms with Crippen molar-refractivity contribution in [3.05, 3.63) is 46.6 Å². The van der Waals surface area contributed by atoms with Gasteiger partial charge in [0.25, 0.3) is 5.91 Å². The number of rotatable bonds is 4. The number of aromatic nitrogens is 2. The summed E-state index contributed by atoms with van der Waals surface area (Å²) >= 11 is 1.72. The van der Waals surface area contributed by atoms with E-state index in [0.29, 0.717) is 24.7 Å². The summed E-state index contributed by atoms with van der Waals surface area (Å²) in [4.78, 5) is 26.5. The Morgan fingerprint density at radius 3 is 3.14 bits per heavy atom. The fourth-order valence-corrected chi connectivity index (χ4v) is 5.16. The van der Waals surface area contributed by atoms with Gasteiger partial charge in [0.05, 0.1) is 18.8 Å². The summed E-state index contributed by atoms with van der Waals surface area (Å²) in [5, 5.41) is 2.12. The molecule has 28 heavy (non-hydrogen) atoms. The molecule has 1 saturated heterocycles. The maximum Gasteiger partial charge on any atom is 0.270 e. The maximum absolute atomic E-state index is 13.0. The highest BCUT2D eigenvalue weighted by Gasteiger charge is 2.27. The minimum Gasteiger partial charge on any atom is -0.381 e. The Balaban J connectivity index is 1.30. The predicted octanol–water partition coefficient (Wildman–Crippen LogP) is 3.30. The molecule has 0 aliphatic carbocycles. The molecule has 1 unspecified atom stereocenters. The third-order valence-corrected chi connectivity index (χ3v) is 6.85. The van der Waals surface area contributed by atoms with E-state index in [0.717, 1.165) is 54.3 Å². The van der Waals surface area contributed by atoms with Gasteiger partial charge in [-0.1, -0.05) is 29.5 Å². The summed E-state index contributed by atoms with van der Waals surface area (Å²) in [7, 11) is 2.11. The van der Waals surface area contributed by atoms with Gasteiger partial charge in [0.2, 0.25) is 0 Å². The molecule has 1 fully saturated rings. The third-order valence-electron chi connectivity index (χ3n) is 5.65. The highest BCUT2D eigenvalue weighted by molar-refractivity contribution is 7.15. The van der Waals surface area contributed by atoms with Crippen molar-refractivity contribution in [2.75, 3.05) is 38.3 Å². The zero-order valence-corrected chi connectivity index (χ0v) is 16.8. The van der Waals surface area contributed by atoms with E-state index in [4.69, 9.17) is 9.72 Å². The Bertz CT molecular complexity index is 972.